The van der Waals surface area contributed by atoms with Gasteiger partial charge in [0.2, 0.25) is 0 Å². The summed E-state index contributed by atoms with van der Waals surface area (Å²) in [6.07, 6.45) is -2.84. The first-order valence-electron chi connectivity index (χ1n) is 6.67. The van der Waals surface area contributed by atoms with Gasteiger partial charge in [-0.2, -0.15) is 18.3 Å². The molecule has 0 radical (unpaired) electrons. The van der Waals surface area contributed by atoms with Gasteiger partial charge in [-0.05, 0) is 12.1 Å². The molecule has 0 unspecified atom stereocenters. The van der Waals surface area contributed by atoms with Crippen LogP contribution in [-0.4, -0.2) is 21.6 Å². The van der Waals surface area contributed by atoms with Crippen LogP contribution >= 0.6 is 0 Å². The van der Waals surface area contributed by atoms with E-state index in [1.807, 2.05) is 0 Å². The molecule has 0 fully saturated rings. The van der Waals surface area contributed by atoms with Crippen molar-refractivity contribution in [1.29, 1.82) is 0 Å². The van der Waals surface area contributed by atoms with Gasteiger partial charge in [0.1, 0.15) is 12.1 Å². The fourth-order valence-corrected chi connectivity index (χ4v) is 1.78. The van der Waals surface area contributed by atoms with Gasteiger partial charge in [-0.1, -0.05) is 42.5 Å². The van der Waals surface area contributed by atoms with Crippen LogP contribution in [-0.2, 0) is 6.18 Å². The zero-order valence-corrected chi connectivity index (χ0v) is 12.3. The third kappa shape index (κ3) is 4.25. The van der Waals surface area contributed by atoms with E-state index in [9.17, 15) is 17.6 Å². The van der Waals surface area contributed by atoms with Crippen LogP contribution in [0.15, 0.2) is 66.0 Å². The van der Waals surface area contributed by atoms with Gasteiger partial charge in [-0.15, -0.1) is 10.2 Å². The Balaban J connectivity index is 0.000000185. The number of benzene rings is 2. The van der Waals surface area contributed by atoms with Crippen LogP contribution in [0.3, 0.4) is 0 Å². The quantitative estimate of drug-likeness (QED) is 0.518. The number of nitrogens with zero attached hydrogens (tertiary/aromatic N) is 4. The summed E-state index contributed by atoms with van der Waals surface area (Å²) in [6, 6.07) is 12.7. The van der Waals surface area contributed by atoms with Crippen LogP contribution in [0.2, 0.25) is 0 Å². The maximum Gasteiger partial charge on any atom is 0.416 e. The van der Waals surface area contributed by atoms with Gasteiger partial charge >= 0.3 is 6.18 Å². The lowest BCUT2D eigenvalue weighted by atomic mass is 10.2. The Kier molecular flexibility index (Phi) is 5.41. The van der Waals surface area contributed by atoms with E-state index in [-0.39, 0.29) is 5.82 Å². The Hall–Kier alpha value is -3.03. The molecule has 0 amide bonds. The molecule has 0 aliphatic carbocycles. The molecule has 3 aromatic rings. The number of alkyl halides is 3. The van der Waals surface area contributed by atoms with Crippen LogP contribution in [0.4, 0.5) is 17.6 Å². The molecule has 0 bridgehead atoms. The summed E-state index contributed by atoms with van der Waals surface area (Å²) in [6.45, 7) is 3.33. The largest absolute Gasteiger partial charge is 0.416 e. The summed E-state index contributed by atoms with van der Waals surface area (Å²) in [7, 11) is 0. The fraction of sp³-hybridized carbons (Fsp3) is 0.0625. The molecular formula is C16H12F4N4. The van der Waals surface area contributed by atoms with Gasteiger partial charge < -0.3 is 0 Å². The van der Waals surface area contributed by atoms with Crippen molar-refractivity contribution in [2.24, 2.45) is 5.10 Å². The molecule has 0 saturated heterocycles. The van der Waals surface area contributed by atoms with Crippen molar-refractivity contribution < 1.29 is 17.6 Å². The topological polar surface area (TPSA) is 43.1 Å². The number of aromatic nitrogens is 3. The maximum atomic E-state index is 13.3. The zero-order chi connectivity index (χ0) is 17.6. The SMILES string of the molecule is C=Nn1cnnc1-c1ccccc1F.FC(F)(F)c1ccccc1. The molecule has 0 saturated carbocycles. The molecule has 0 aliphatic heterocycles. The smallest absolute Gasteiger partial charge is 0.206 e. The van der Waals surface area contributed by atoms with Crippen LogP contribution in [0, 0.1) is 5.82 Å². The molecule has 0 atom stereocenters. The normalized spacial score (nSPS) is 10.7. The molecule has 124 valence electrons. The Morgan fingerprint density at radius 2 is 1.58 bits per heavy atom. The van der Waals surface area contributed by atoms with Gasteiger partial charge in [0.05, 0.1) is 11.1 Å². The summed E-state index contributed by atoms with van der Waals surface area (Å²) in [5.41, 5.74) is -0.243. The average molecular weight is 336 g/mol. The molecule has 0 spiro atoms. The van der Waals surface area contributed by atoms with E-state index in [2.05, 4.69) is 22.0 Å². The summed E-state index contributed by atoms with van der Waals surface area (Å²) in [4.78, 5) is 0. The van der Waals surface area contributed by atoms with Crippen LogP contribution < -0.4 is 0 Å². The van der Waals surface area contributed by atoms with Crippen LogP contribution in [0.1, 0.15) is 5.56 Å². The first-order chi connectivity index (χ1) is 11.4. The second-order valence-corrected chi connectivity index (χ2v) is 4.48. The van der Waals surface area contributed by atoms with E-state index in [4.69, 9.17) is 0 Å². The number of hydrogen-bond acceptors (Lipinski definition) is 3. The number of rotatable bonds is 2. The predicted molar refractivity (Wildman–Crippen MR) is 81.8 cm³/mol. The Bertz CT molecular complexity index is 797. The molecule has 0 aliphatic rings. The van der Waals surface area contributed by atoms with Crippen molar-refractivity contribution in [3.63, 3.8) is 0 Å². The third-order valence-corrected chi connectivity index (χ3v) is 2.90. The van der Waals surface area contributed by atoms with Crippen molar-refractivity contribution in [2.45, 2.75) is 6.18 Å². The van der Waals surface area contributed by atoms with Crippen molar-refractivity contribution in [2.75, 3.05) is 0 Å². The summed E-state index contributed by atoms with van der Waals surface area (Å²) in [5.74, 6) is -0.0106. The lowest BCUT2D eigenvalue weighted by Crippen LogP contribution is -2.03. The van der Waals surface area contributed by atoms with Crippen LogP contribution in [0.5, 0.6) is 0 Å². The van der Waals surface area contributed by atoms with Gasteiger partial charge in [0.15, 0.2) is 5.82 Å². The summed E-state index contributed by atoms with van der Waals surface area (Å²) in [5, 5.41) is 11.0. The highest BCUT2D eigenvalue weighted by Gasteiger charge is 2.29. The number of halogens is 4. The molecule has 2 aromatic carbocycles. The van der Waals surface area contributed by atoms with Crippen molar-refractivity contribution >= 4 is 6.72 Å². The standard InChI is InChI=1S/C9H7FN4.C7H5F3/c1-11-14-6-12-13-9(14)7-4-2-3-5-8(7)10;8-7(9,10)6-4-2-1-3-5-6/h2-6H,1H2;1-5H. The van der Waals surface area contributed by atoms with Gasteiger partial charge in [-0.25, -0.2) is 9.07 Å². The summed E-state index contributed by atoms with van der Waals surface area (Å²) < 4.78 is 50.0. The minimum atomic E-state index is -4.21. The molecule has 4 nitrogen and oxygen atoms in total. The monoisotopic (exact) mass is 336 g/mol. The van der Waals surface area contributed by atoms with E-state index < -0.39 is 11.7 Å². The predicted octanol–water partition coefficient (Wildman–Crippen LogP) is 4.25. The summed E-state index contributed by atoms with van der Waals surface area (Å²) >= 11 is 0. The Morgan fingerprint density at radius 3 is 2.12 bits per heavy atom. The molecular weight excluding hydrogens is 324 g/mol. The molecule has 1 aromatic heterocycles. The third-order valence-electron chi connectivity index (χ3n) is 2.90. The first-order valence-corrected chi connectivity index (χ1v) is 6.67. The van der Waals surface area contributed by atoms with E-state index in [1.165, 1.54) is 29.2 Å². The molecule has 3 rings (SSSR count). The van der Waals surface area contributed by atoms with Gasteiger partial charge in [-0.3, -0.25) is 0 Å². The highest BCUT2D eigenvalue weighted by Crippen LogP contribution is 2.28. The second kappa shape index (κ2) is 7.49. The number of hydrogen-bond donors (Lipinski definition) is 0. The van der Waals surface area contributed by atoms with E-state index >= 15 is 0 Å². The molecule has 1 heterocycles. The second-order valence-electron chi connectivity index (χ2n) is 4.48. The Morgan fingerprint density at radius 1 is 0.958 bits per heavy atom. The van der Waals surface area contributed by atoms with Crippen molar-refractivity contribution in [3.05, 3.63) is 72.3 Å². The van der Waals surface area contributed by atoms with Gasteiger partial charge in [0.25, 0.3) is 0 Å². The van der Waals surface area contributed by atoms with Gasteiger partial charge in [0, 0.05) is 6.72 Å². The van der Waals surface area contributed by atoms with Crippen LogP contribution in [0.25, 0.3) is 11.4 Å². The minimum absolute atomic E-state index is 0.345. The molecule has 24 heavy (non-hydrogen) atoms. The van der Waals surface area contributed by atoms with Crippen molar-refractivity contribution in [1.82, 2.24) is 14.9 Å². The van der Waals surface area contributed by atoms with E-state index in [0.717, 1.165) is 12.1 Å². The van der Waals surface area contributed by atoms with E-state index in [1.54, 1.807) is 24.3 Å². The Labute approximate surface area is 135 Å². The highest BCUT2D eigenvalue weighted by molar-refractivity contribution is 5.55. The minimum Gasteiger partial charge on any atom is -0.206 e. The fourth-order valence-electron chi connectivity index (χ4n) is 1.78. The molecule has 0 N–H and O–H groups in total. The highest BCUT2D eigenvalue weighted by atomic mass is 19.4. The average Bonchev–Trinajstić information content (AvgIpc) is 3.04. The maximum absolute atomic E-state index is 13.3. The first kappa shape index (κ1) is 17.3. The molecule has 8 heteroatoms. The van der Waals surface area contributed by atoms with E-state index in [0.29, 0.717) is 11.4 Å². The lowest BCUT2D eigenvalue weighted by Gasteiger charge is -2.03. The lowest BCUT2D eigenvalue weighted by molar-refractivity contribution is -0.137. The zero-order valence-electron chi connectivity index (χ0n) is 12.3. The van der Waals surface area contributed by atoms with Crippen molar-refractivity contribution in [3.8, 4) is 11.4 Å².